The van der Waals surface area contributed by atoms with Crippen molar-refractivity contribution in [1.29, 1.82) is 0 Å². The Morgan fingerprint density at radius 1 is 1.12 bits per heavy atom. The van der Waals surface area contributed by atoms with Crippen LogP contribution >= 0.6 is 0 Å². The summed E-state index contributed by atoms with van der Waals surface area (Å²) >= 11 is 0. The predicted molar refractivity (Wildman–Crippen MR) is 111 cm³/mol. The van der Waals surface area contributed by atoms with Gasteiger partial charge in [-0.05, 0) is 37.6 Å². The Morgan fingerprint density at radius 3 is 2.47 bits per heavy atom. The van der Waals surface area contributed by atoms with E-state index >= 15 is 0 Å². The number of alkyl halides is 3. The number of benzene rings is 2. The van der Waals surface area contributed by atoms with Gasteiger partial charge in [-0.2, -0.15) is 18.3 Å². The van der Waals surface area contributed by atoms with E-state index in [1.165, 1.54) is 36.4 Å². The highest BCUT2D eigenvalue weighted by atomic mass is 19.4. The molecule has 10 heteroatoms. The Kier molecular flexibility index (Phi) is 6.61. The van der Waals surface area contributed by atoms with Gasteiger partial charge < -0.3 is 4.90 Å². The minimum absolute atomic E-state index is 0.0221. The smallest absolute Gasteiger partial charge is 0.325 e. The zero-order valence-electron chi connectivity index (χ0n) is 17.5. The lowest BCUT2D eigenvalue weighted by Crippen LogP contribution is -2.38. The number of amides is 1. The van der Waals surface area contributed by atoms with Crippen LogP contribution in [0.5, 0.6) is 0 Å². The van der Waals surface area contributed by atoms with Crippen LogP contribution in [0.2, 0.25) is 0 Å². The van der Waals surface area contributed by atoms with Crippen molar-refractivity contribution in [2.45, 2.75) is 33.1 Å². The van der Waals surface area contributed by atoms with E-state index in [1.807, 2.05) is 19.9 Å². The molecule has 0 unspecified atom stereocenters. The number of carbonyl (C=O) groups is 1. The zero-order chi connectivity index (χ0) is 23.5. The van der Waals surface area contributed by atoms with Crippen molar-refractivity contribution >= 4 is 11.6 Å². The molecule has 0 aliphatic rings. The monoisotopic (exact) mass is 446 g/mol. The number of carbonyl (C=O) groups excluding carboxylic acids is 1. The van der Waals surface area contributed by atoms with Crippen LogP contribution in [0.4, 0.5) is 18.9 Å². The van der Waals surface area contributed by atoms with Crippen LogP contribution < -0.4 is 0 Å². The SMILES string of the molecule is Cc1cc(C)n(Cc2cccc(C(=O)N(Cc3ccccc3[N+](=O)[O-])CC(F)(F)F)c2)n1. The van der Waals surface area contributed by atoms with Crippen LogP contribution in [0.25, 0.3) is 0 Å². The quantitative estimate of drug-likeness (QED) is 0.390. The zero-order valence-corrected chi connectivity index (χ0v) is 17.5. The van der Waals surface area contributed by atoms with Crippen molar-refractivity contribution < 1.29 is 22.9 Å². The van der Waals surface area contributed by atoms with E-state index in [1.54, 1.807) is 16.8 Å². The number of halogens is 3. The van der Waals surface area contributed by atoms with Crippen LogP contribution in [-0.4, -0.2) is 38.2 Å². The van der Waals surface area contributed by atoms with E-state index in [0.29, 0.717) is 17.0 Å². The van der Waals surface area contributed by atoms with Crippen LogP contribution in [0.1, 0.15) is 32.9 Å². The Morgan fingerprint density at radius 2 is 1.84 bits per heavy atom. The summed E-state index contributed by atoms with van der Waals surface area (Å²) < 4.78 is 41.4. The highest BCUT2D eigenvalue weighted by Gasteiger charge is 2.34. The van der Waals surface area contributed by atoms with Crippen molar-refractivity contribution in [3.8, 4) is 0 Å². The summed E-state index contributed by atoms with van der Waals surface area (Å²) in [5, 5.41) is 15.6. The fourth-order valence-electron chi connectivity index (χ4n) is 3.44. The minimum atomic E-state index is -4.67. The van der Waals surface area contributed by atoms with Crippen LogP contribution in [0.15, 0.2) is 54.6 Å². The molecule has 0 saturated heterocycles. The maximum Gasteiger partial charge on any atom is 0.406 e. The molecule has 168 valence electrons. The second-order valence-electron chi connectivity index (χ2n) is 7.45. The summed E-state index contributed by atoms with van der Waals surface area (Å²) in [6, 6.07) is 13.6. The lowest BCUT2D eigenvalue weighted by atomic mass is 10.1. The highest BCUT2D eigenvalue weighted by molar-refractivity contribution is 5.94. The topological polar surface area (TPSA) is 81.3 Å². The van der Waals surface area contributed by atoms with Crippen molar-refractivity contribution in [1.82, 2.24) is 14.7 Å². The second-order valence-corrected chi connectivity index (χ2v) is 7.45. The molecule has 32 heavy (non-hydrogen) atoms. The summed E-state index contributed by atoms with van der Waals surface area (Å²) in [5.74, 6) is -0.865. The molecule has 2 aromatic carbocycles. The van der Waals surface area contributed by atoms with E-state index in [9.17, 15) is 28.1 Å². The number of nitro groups is 1. The first-order valence-corrected chi connectivity index (χ1v) is 9.72. The van der Waals surface area contributed by atoms with Crippen molar-refractivity contribution in [2.24, 2.45) is 0 Å². The van der Waals surface area contributed by atoms with Crippen LogP contribution in [0, 0.1) is 24.0 Å². The third-order valence-corrected chi connectivity index (χ3v) is 4.82. The van der Waals surface area contributed by atoms with Gasteiger partial charge in [0.05, 0.1) is 23.7 Å². The fourth-order valence-corrected chi connectivity index (χ4v) is 3.44. The first-order chi connectivity index (χ1) is 15.0. The van der Waals surface area contributed by atoms with Crippen LogP contribution in [0.3, 0.4) is 0 Å². The fraction of sp³-hybridized carbons (Fsp3) is 0.273. The predicted octanol–water partition coefficient (Wildman–Crippen LogP) is 4.66. The number of aryl methyl sites for hydroxylation is 2. The number of nitrogens with zero attached hydrogens (tertiary/aromatic N) is 4. The number of nitro benzene ring substituents is 1. The Balaban J connectivity index is 1.90. The lowest BCUT2D eigenvalue weighted by molar-refractivity contribution is -0.385. The number of hydrogen-bond donors (Lipinski definition) is 0. The maximum absolute atomic E-state index is 13.2. The molecule has 1 aromatic heterocycles. The summed E-state index contributed by atoms with van der Waals surface area (Å²) in [4.78, 5) is 24.2. The summed E-state index contributed by atoms with van der Waals surface area (Å²) in [5.41, 5.74) is 2.18. The molecular formula is C22H21F3N4O3. The molecular weight excluding hydrogens is 425 g/mol. The molecule has 0 fully saturated rings. The van der Waals surface area contributed by atoms with Crippen molar-refractivity contribution in [3.63, 3.8) is 0 Å². The molecule has 0 aliphatic heterocycles. The van der Waals surface area contributed by atoms with Gasteiger partial charge in [0.15, 0.2) is 0 Å². The number of aromatic nitrogens is 2. The molecule has 0 atom stereocenters. The number of para-hydroxylation sites is 1. The molecule has 7 nitrogen and oxygen atoms in total. The first kappa shape index (κ1) is 23.0. The molecule has 3 rings (SSSR count). The molecule has 0 radical (unpaired) electrons. The third kappa shape index (κ3) is 5.71. The van der Waals surface area contributed by atoms with Gasteiger partial charge in [-0.1, -0.05) is 30.3 Å². The van der Waals surface area contributed by atoms with Gasteiger partial charge in [0.1, 0.15) is 6.54 Å². The summed E-state index contributed by atoms with van der Waals surface area (Å²) in [6.07, 6.45) is -4.67. The average molecular weight is 446 g/mol. The average Bonchev–Trinajstić information content (AvgIpc) is 3.03. The van der Waals surface area contributed by atoms with E-state index < -0.39 is 30.1 Å². The highest BCUT2D eigenvalue weighted by Crippen LogP contribution is 2.24. The first-order valence-electron chi connectivity index (χ1n) is 9.72. The standard InChI is InChI=1S/C22H21F3N4O3/c1-15-10-16(2)28(26-15)12-17-6-5-8-18(11-17)21(30)27(14-22(23,24)25)13-19-7-3-4-9-20(19)29(31)32/h3-11H,12-14H2,1-2H3. The lowest BCUT2D eigenvalue weighted by Gasteiger charge is -2.24. The molecule has 1 amide bonds. The van der Waals surface area contributed by atoms with Gasteiger partial charge >= 0.3 is 6.18 Å². The van der Waals surface area contributed by atoms with E-state index in [4.69, 9.17) is 0 Å². The third-order valence-electron chi connectivity index (χ3n) is 4.82. The molecule has 1 heterocycles. The Bertz CT molecular complexity index is 1140. The molecule has 0 N–H and O–H groups in total. The number of rotatable bonds is 7. The number of hydrogen-bond acceptors (Lipinski definition) is 4. The van der Waals surface area contributed by atoms with E-state index in [0.717, 1.165) is 11.4 Å². The van der Waals surface area contributed by atoms with E-state index in [-0.39, 0.29) is 16.8 Å². The van der Waals surface area contributed by atoms with Gasteiger partial charge in [-0.25, -0.2) is 0 Å². The van der Waals surface area contributed by atoms with Gasteiger partial charge in [-0.15, -0.1) is 0 Å². The largest absolute Gasteiger partial charge is 0.406 e. The van der Waals surface area contributed by atoms with Gasteiger partial charge in [0.2, 0.25) is 0 Å². The molecule has 0 bridgehead atoms. The van der Waals surface area contributed by atoms with Crippen LogP contribution in [-0.2, 0) is 13.1 Å². The van der Waals surface area contributed by atoms with Gasteiger partial charge in [0.25, 0.3) is 11.6 Å². The van der Waals surface area contributed by atoms with Crippen molar-refractivity contribution in [2.75, 3.05) is 6.54 Å². The summed E-state index contributed by atoms with van der Waals surface area (Å²) in [7, 11) is 0. The van der Waals surface area contributed by atoms with Gasteiger partial charge in [0, 0.05) is 22.9 Å². The normalized spacial score (nSPS) is 11.4. The molecule has 3 aromatic rings. The Hall–Kier alpha value is -3.69. The molecule has 0 saturated carbocycles. The maximum atomic E-state index is 13.2. The van der Waals surface area contributed by atoms with Crippen molar-refractivity contribution in [3.05, 3.63) is 92.8 Å². The van der Waals surface area contributed by atoms with Gasteiger partial charge in [-0.3, -0.25) is 19.6 Å². The molecule has 0 spiro atoms. The van der Waals surface area contributed by atoms with E-state index in [2.05, 4.69) is 5.10 Å². The summed E-state index contributed by atoms with van der Waals surface area (Å²) in [6.45, 7) is 2.01. The minimum Gasteiger partial charge on any atom is -0.325 e. The second kappa shape index (κ2) is 9.21. The molecule has 0 aliphatic carbocycles. The Labute approximate surface area is 182 Å².